The van der Waals surface area contributed by atoms with Gasteiger partial charge in [-0.15, -0.1) is 0 Å². The van der Waals surface area contributed by atoms with Crippen LogP contribution in [0.1, 0.15) is 18.5 Å². The number of benzene rings is 2. The normalized spacial score (nSPS) is 11.7. The van der Waals surface area contributed by atoms with Gasteiger partial charge in [-0.2, -0.15) is 0 Å². The van der Waals surface area contributed by atoms with E-state index in [1.54, 1.807) is 0 Å². The van der Waals surface area contributed by atoms with Gasteiger partial charge in [-0.05, 0) is 30.7 Å². The molecule has 0 saturated heterocycles. The summed E-state index contributed by atoms with van der Waals surface area (Å²) < 4.78 is 6.39. The molecule has 0 radical (unpaired) electrons. The molecule has 3 nitrogen and oxygen atoms in total. The predicted molar refractivity (Wildman–Crippen MR) is 82.6 cm³/mol. The number of amides is 1. The van der Waals surface area contributed by atoms with Gasteiger partial charge in [0.15, 0.2) is 6.61 Å². The van der Waals surface area contributed by atoms with Crippen molar-refractivity contribution in [3.63, 3.8) is 0 Å². The summed E-state index contributed by atoms with van der Waals surface area (Å²) >= 11 is 3.48. The SMILES string of the molecule is CC(NC(=O)COc1ccccc1)c1ccccc1Br. The van der Waals surface area contributed by atoms with Crippen molar-refractivity contribution in [3.05, 3.63) is 64.6 Å². The first kappa shape index (κ1) is 14.6. The highest BCUT2D eigenvalue weighted by atomic mass is 79.9. The zero-order chi connectivity index (χ0) is 14.4. The number of nitrogens with one attached hydrogen (secondary N) is 1. The van der Waals surface area contributed by atoms with Crippen LogP contribution in [0.5, 0.6) is 5.75 Å². The van der Waals surface area contributed by atoms with E-state index in [9.17, 15) is 4.79 Å². The number of rotatable bonds is 5. The zero-order valence-electron chi connectivity index (χ0n) is 11.2. The quantitative estimate of drug-likeness (QED) is 0.905. The van der Waals surface area contributed by atoms with Gasteiger partial charge >= 0.3 is 0 Å². The molecular weight excluding hydrogens is 318 g/mol. The van der Waals surface area contributed by atoms with Gasteiger partial charge in [0, 0.05) is 4.47 Å². The average Bonchev–Trinajstić information content (AvgIpc) is 2.46. The summed E-state index contributed by atoms with van der Waals surface area (Å²) in [5.74, 6) is 0.549. The fourth-order valence-corrected chi connectivity index (χ4v) is 2.48. The molecule has 2 aromatic carbocycles. The Hall–Kier alpha value is -1.81. The van der Waals surface area contributed by atoms with Crippen LogP contribution in [0.2, 0.25) is 0 Å². The van der Waals surface area contributed by atoms with Crippen molar-refractivity contribution in [1.82, 2.24) is 5.32 Å². The Morgan fingerprint density at radius 3 is 2.50 bits per heavy atom. The van der Waals surface area contributed by atoms with Crippen LogP contribution < -0.4 is 10.1 Å². The van der Waals surface area contributed by atoms with E-state index in [0.29, 0.717) is 5.75 Å². The highest BCUT2D eigenvalue weighted by Gasteiger charge is 2.12. The first-order valence-electron chi connectivity index (χ1n) is 6.38. The lowest BCUT2D eigenvalue weighted by Gasteiger charge is -2.16. The van der Waals surface area contributed by atoms with Crippen molar-refractivity contribution in [2.75, 3.05) is 6.61 Å². The van der Waals surface area contributed by atoms with Crippen molar-refractivity contribution in [2.24, 2.45) is 0 Å². The molecule has 4 heteroatoms. The molecule has 104 valence electrons. The highest BCUT2D eigenvalue weighted by molar-refractivity contribution is 9.10. The summed E-state index contributed by atoms with van der Waals surface area (Å²) in [5.41, 5.74) is 1.04. The van der Waals surface area contributed by atoms with E-state index in [1.807, 2.05) is 61.5 Å². The van der Waals surface area contributed by atoms with Crippen molar-refractivity contribution >= 4 is 21.8 Å². The molecule has 1 amide bonds. The van der Waals surface area contributed by atoms with Crippen LogP contribution >= 0.6 is 15.9 Å². The van der Waals surface area contributed by atoms with Crippen LogP contribution in [0, 0.1) is 0 Å². The van der Waals surface area contributed by atoms with E-state index >= 15 is 0 Å². The number of carbonyl (C=O) groups excluding carboxylic acids is 1. The van der Waals surface area contributed by atoms with Crippen LogP contribution in [-0.2, 0) is 4.79 Å². The molecule has 2 rings (SSSR count). The van der Waals surface area contributed by atoms with E-state index in [4.69, 9.17) is 4.74 Å². The molecule has 2 aromatic rings. The van der Waals surface area contributed by atoms with E-state index in [-0.39, 0.29) is 18.6 Å². The van der Waals surface area contributed by atoms with Crippen LogP contribution in [0.25, 0.3) is 0 Å². The van der Waals surface area contributed by atoms with Crippen molar-refractivity contribution < 1.29 is 9.53 Å². The maximum atomic E-state index is 11.9. The Balaban J connectivity index is 1.87. The largest absolute Gasteiger partial charge is 0.484 e. The maximum absolute atomic E-state index is 11.9. The number of para-hydroxylation sites is 1. The monoisotopic (exact) mass is 333 g/mol. The third-order valence-electron chi connectivity index (χ3n) is 2.86. The standard InChI is InChI=1S/C16H16BrNO2/c1-12(14-9-5-6-10-15(14)17)18-16(19)11-20-13-7-3-2-4-8-13/h2-10,12H,11H2,1H3,(H,18,19). The van der Waals surface area contributed by atoms with Gasteiger partial charge in [-0.25, -0.2) is 0 Å². The van der Waals surface area contributed by atoms with Crippen molar-refractivity contribution in [1.29, 1.82) is 0 Å². The lowest BCUT2D eigenvalue weighted by atomic mass is 10.1. The molecule has 20 heavy (non-hydrogen) atoms. The maximum Gasteiger partial charge on any atom is 0.258 e. The molecule has 0 saturated carbocycles. The number of ether oxygens (including phenoxy) is 1. The van der Waals surface area contributed by atoms with Crippen molar-refractivity contribution in [2.45, 2.75) is 13.0 Å². The minimum Gasteiger partial charge on any atom is -0.484 e. The second-order valence-corrected chi connectivity index (χ2v) is 5.27. The highest BCUT2D eigenvalue weighted by Crippen LogP contribution is 2.22. The number of hydrogen-bond acceptors (Lipinski definition) is 2. The van der Waals surface area contributed by atoms with Crippen LogP contribution in [0.4, 0.5) is 0 Å². The molecule has 0 fully saturated rings. The van der Waals surface area contributed by atoms with Crippen LogP contribution in [-0.4, -0.2) is 12.5 Å². The smallest absolute Gasteiger partial charge is 0.258 e. The summed E-state index contributed by atoms with van der Waals surface area (Å²) in [6.45, 7) is 1.96. The van der Waals surface area contributed by atoms with Crippen LogP contribution in [0.3, 0.4) is 0 Å². The van der Waals surface area contributed by atoms with Crippen molar-refractivity contribution in [3.8, 4) is 5.75 Å². The van der Waals surface area contributed by atoms with Gasteiger partial charge in [0.2, 0.25) is 0 Å². The lowest BCUT2D eigenvalue weighted by Crippen LogP contribution is -2.31. The third-order valence-corrected chi connectivity index (χ3v) is 3.58. The molecule has 1 atom stereocenters. The molecule has 1 N–H and O–H groups in total. The Morgan fingerprint density at radius 2 is 1.80 bits per heavy atom. The molecule has 0 spiro atoms. The topological polar surface area (TPSA) is 38.3 Å². The van der Waals surface area contributed by atoms with Gasteiger partial charge in [-0.1, -0.05) is 52.3 Å². The summed E-state index contributed by atoms with van der Waals surface area (Å²) in [6, 6.07) is 17.1. The minimum absolute atomic E-state index is 0.0127. The minimum atomic E-state index is -0.142. The first-order chi connectivity index (χ1) is 9.66. The predicted octanol–water partition coefficient (Wildman–Crippen LogP) is 3.71. The molecule has 0 aliphatic heterocycles. The number of halogens is 1. The van der Waals surface area contributed by atoms with Crippen LogP contribution in [0.15, 0.2) is 59.1 Å². The fourth-order valence-electron chi connectivity index (χ4n) is 1.85. The first-order valence-corrected chi connectivity index (χ1v) is 7.18. The lowest BCUT2D eigenvalue weighted by molar-refractivity contribution is -0.123. The molecule has 1 unspecified atom stereocenters. The Labute approximate surface area is 127 Å². The summed E-state index contributed by atoms with van der Waals surface area (Å²) in [5, 5.41) is 2.91. The molecule has 0 aliphatic carbocycles. The third kappa shape index (κ3) is 4.10. The average molecular weight is 334 g/mol. The Kier molecular flexibility index (Phi) is 5.18. The second kappa shape index (κ2) is 7.10. The summed E-state index contributed by atoms with van der Waals surface area (Å²) in [4.78, 5) is 11.9. The van der Waals surface area contributed by atoms with Gasteiger partial charge in [-0.3, -0.25) is 4.79 Å². The Bertz CT molecular complexity index is 572. The number of carbonyl (C=O) groups is 1. The Morgan fingerprint density at radius 1 is 1.15 bits per heavy atom. The van der Waals surface area contributed by atoms with Gasteiger partial charge in [0.1, 0.15) is 5.75 Å². The van der Waals surface area contributed by atoms with Gasteiger partial charge in [0.25, 0.3) is 5.91 Å². The molecule has 0 heterocycles. The molecule has 0 aliphatic rings. The van der Waals surface area contributed by atoms with Gasteiger partial charge < -0.3 is 10.1 Å². The van der Waals surface area contributed by atoms with E-state index in [2.05, 4.69) is 21.2 Å². The van der Waals surface area contributed by atoms with E-state index in [0.717, 1.165) is 10.0 Å². The zero-order valence-corrected chi connectivity index (χ0v) is 12.8. The molecular formula is C16H16BrNO2. The van der Waals surface area contributed by atoms with E-state index in [1.165, 1.54) is 0 Å². The fraction of sp³-hybridized carbons (Fsp3) is 0.188. The second-order valence-electron chi connectivity index (χ2n) is 4.41. The summed E-state index contributed by atoms with van der Waals surface area (Å²) in [6.07, 6.45) is 0. The van der Waals surface area contributed by atoms with E-state index < -0.39 is 0 Å². The van der Waals surface area contributed by atoms with Gasteiger partial charge in [0.05, 0.1) is 6.04 Å². The number of hydrogen-bond donors (Lipinski definition) is 1. The molecule has 0 bridgehead atoms. The molecule has 0 aromatic heterocycles. The summed E-state index contributed by atoms with van der Waals surface area (Å²) in [7, 11) is 0.